The highest BCUT2D eigenvalue weighted by molar-refractivity contribution is 7.13. The molecule has 96 valence electrons. The molecule has 0 spiro atoms. The van der Waals surface area contributed by atoms with E-state index in [0.717, 1.165) is 16.2 Å². The van der Waals surface area contributed by atoms with Crippen LogP contribution in [0.3, 0.4) is 0 Å². The maximum absolute atomic E-state index is 12.6. The number of hydrogen-bond donors (Lipinski definition) is 0. The van der Waals surface area contributed by atoms with Crippen molar-refractivity contribution in [2.45, 2.75) is 19.9 Å². The minimum atomic E-state index is 0.0315. The fourth-order valence-electron chi connectivity index (χ4n) is 2.20. The lowest BCUT2D eigenvalue weighted by molar-refractivity contribution is 0.582. The van der Waals surface area contributed by atoms with E-state index in [9.17, 15) is 4.79 Å². The maximum Gasteiger partial charge on any atom is 0.261 e. The Kier molecular flexibility index (Phi) is 2.95. The lowest BCUT2D eigenvalue weighted by Gasteiger charge is -2.15. The van der Waals surface area contributed by atoms with E-state index in [1.807, 2.05) is 55.6 Å². The molecule has 3 nitrogen and oxygen atoms in total. The van der Waals surface area contributed by atoms with Gasteiger partial charge in [-0.15, -0.1) is 11.3 Å². The van der Waals surface area contributed by atoms with Gasteiger partial charge in [0.1, 0.15) is 0 Å². The van der Waals surface area contributed by atoms with Crippen LogP contribution in [0.5, 0.6) is 0 Å². The molecule has 0 radical (unpaired) electrons. The zero-order chi connectivity index (χ0) is 13.4. The topological polar surface area (TPSA) is 34.9 Å². The molecular formula is C15H14N2OS. The highest BCUT2D eigenvalue weighted by atomic mass is 32.1. The lowest BCUT2D eigenvalue weighted by Crippen LogP contribution is -2.24. The van der Waals surface area contributed by atoms with E-state index in [2.05, 4.69) is 4.98 Å². The summed E-state index contributed by atoms with van der Waals surface area (Å²) in [6.45, 7) is 4.02. The second kappa shape index (κ2) is 4.63. The van der Waals surface area contributed by atoms with Crippen LogP contribution in [0.1, 0.15) is 19.9 Å². The van der Waals surface area contributed by atoms with Gasteiger partial charge >= 0.3 is 0 Å². The molecule has 3 rings (SSSR count). The summed E-state index contributed by atoms with van der Waals surface area (Å²) in [5.74, 6) is 0.758. The van der Waals surface area contributed by atoms with Gasteiger partial charge in [0, 0.05) is 6.04 Å². The molecule has 0 aliphatic heterocycles. The molecule has 19 heavy (non-hydrogen) atoms. The molecule has 0 saturated heterocycles. The van der Waals surface area contributed by atoms with Crippen molar-refractivity contribution in [3.05, 3.63) is 52.1 Å². The van der Waals surface area contributed by atoms with E-state index in [1.54, 1.807) is 15.9 Å². The molecule has 0 aliphatic carbocycles. The first-order chi connectivity index (χ1) is 9.18. The largest absolute Gasteiger partial charge is 0.289 e. The number of thiophene rings is 1. The smallest absolute Gasteiger partial charge is 0.261 e. The van der Waals surface area contributed by atoms with Gasteiger partial charge in [0.25, 0.3) is 5.56 Å². The molecule has 1 aromatic carbocycles. The summed E-state index contributed by atoms with van der Waals surface area (Å²) in [6.07, 6.45) is 0. The van der Waals surface area contributed by atoms with E-state index < -0.39 is 0 Å². The molecule has 0 bridgehead atoms. The van der Waals surface area contributed by atoms with Crippen molar-refractivity contribution in [3.8, 4) is 10.7 Å². The molecule has 0 atom stereocenters. The highest BCUT2D eigenvalue weighted by Crippen LogP contribution is 2.25. The van der Waals surface area contributed by atoms with Gasteiger partial charge in [-0.25, -0.2) is 4.98 Å². The monoisotopic (exact) mass is 270 g/mol. The summed E-state index contributed by atoms with van der Waals surface area (Å²) >= 11 is 1.60. The minimum absolute atomic E-state index is 0.0315. The Balaban J connectivity index is 2.43. The summed E-state index contributed by atoms with van der Waals surface area (Å²) in [5.41, 5.74) is 0.789. The average molecular weight is 270 g/mol. The number of hydrogen-bond acceptors (Lipinski definition) is 3. The van der Waals surface area contributed by atoms with Crippen LogP contribution in [0.15, 0.2) is 46.6 Å². The Bertz CT molecular complexity index is 772. The van der Waals surface area contributed by atoms with Gasteiger partial charge in [0.15, 0.2) is 5.82 Å². The van der Waals surface area contributed by atoms with Gasteiger partial charge in [0.05, 0.1) is 15.8 Å². The third kappa shape index (κ3) is 1.98. The summed E-state index contributed by atoms with van der Waals surface area (Å²) in [7, 11) is 0. The second-order valence-corrected chi connectivity index (χ2v) is 5.65. The zero-order valence-corrected chi connectivity index (χ0v) is 11.6. The molecule has 3 aromatic rings. The van der Waals surface area contributed by atoms with Gasteiger partial charge in [-0.2, -0.15) is 0 Å². The molecule has 2 heterocycles. The number of para-hydroxylation sites is 1. The van der Waals surface area contributed by atoms with Crippen LogP contribution < -0.4 is 5.56 Å². The van der Waals surface area contributed by atoms with Crippen LogP contribution in [-0.4, -0.2) is 9.55 Å². The fraction of sp³-hybridized carbons (Fsp3) is 0.200. The predicted molar refractivity (Wildman–Crippen MR) is 79.7 cm³/mol. The Morgan fingerprint density at radius 2 is 1.95 bits per heavy atom. The van der Waals surface area contributed by atoms with Gasteiger partial charge in [0.2, 0.25) is 0 Å². The normalized spacial score (nSPS) is 11.3. The zero-order valence-electron chi connectivity index (χ0n) is 10.8. The highest BCUT2D eigenvalue weighted by Gasteiger charge is 2.15. The molecule has 2 aromatic heterocycles. The Morgan fingerprint density at radius 3 is 2.63 bits per heavy atom. The van der Waals surface area contributed by atoms with E-state index >= 15 is 0 Å². The van der Waals surface area contributed by atoms with Crippen molar-refractivity contribution in [1.29, 1.82) is 0 Å². The minimum Gasteiger partial charge on any atom is -0.289 e. The fourth-order valence-corrected chi connectivity index (χ4v) is 2.91. The number of benzene rings is 1. The molecule has 0 amide bonds. The molecular weight excluding hydrogens is 256 g/mol. The summed E-state index contributed by atoms with van der Waals surface area (Å²) in [6, 6.07) is 11.6. The number of rotatable bonds is 2. The van der Waals surface area contributed by atoms with Crippen LogP contribution in [0.25, 0.3) is 21.6 Å². The summed E-state index contributed by atoms with van der Waals surface area (Å²) in [5, 5.41) is 2.68. The summed E-state index contributed by atoms with van der Waals surface area (Å²) in [4.78, 5) is 18.3. The molecule has 0 aliphatic rings. The van der Waals surface area contributed by atoms with E-state index in [-0.39, 0.29) is 11.6 Å². The molecule has 0 unspecified atom stereocenters. The standard InChI is InChI=1S/C15H14N2OS/c1-10(2)17-14(13-8-5-9-19-13)16-12-7-4-3-6-11(12)15(17)18/h3-10H,1-2H3. The van der Waals surface area contributed by atoms with Crippen LogP contribution in [0.2, 0.25) is 0 Å². The van der Waals surface area contributed by atoms with E-state index in [1.165, 1.54) is 0 Å². The number of nitrogens with zero attached hydrogens (tertiary/aromatic N) is 2. The molecule has 0 N–H and O–H groups in total. The van der Waals surface area contributed by atoms with E-state index in [0.29, 0.717) is 5.39 Å². The summed E-state index contributed by atoms with van der Waals surface area (Å²) < 4.78 is 1.77. The quantitative estimate of drug-likeness (QED) is 0.711. The van der Waals surface area contributed by atoms with Crippen molar-refractivity contribution in [3.63, 3.8) is 0 Å². The molecule has 0 fully saturated rings. The van der Waals surface area contributed by atoms with Crippen LogP contribution in [0.4, 0.5) is 0 Å². The first kappa shape index (κ1) is 12.1. The Hall–Kier alpha value is -1.94. The Morgan fingerprint density at radius 1 is 1.16 bits per heavy atom. The predicted octanol–water partition coefficient (Wildman–Crippen LogP) is 3.71. The van der Waals surface area contributed by atoms with Gasteiger partial charge in [-0.1, -0.05) is 18.2 Å². The molecule has 0 saturated carbocycles. The number of fused-ring (bicyclic) bond motifs is 1. The second-order valence-electron chi connectivity index (χ2n) is 4.70. The van der Waals surface area contributed by atoms with E-state index in [4.69, 9.17) is 0 Å². The van der Waals surface area contributed by atoms with Crippen molar-refractivity contribution >= 4 is 22.2 Å². The van der Waals surface area contributed by atoms with Crippen molar-refractivity contribution in [2.75, 3.05) is 0 Å². The third-order valence-electron chi connectivity index (χ3n) is 3.07. The maximum atomic E-state index is 12.6. The molecule has 4 heteroatoms. The van der Waals surface area contributed by atoms with Crippen LogP contribution in [0, 0.1) is 0 Å². The van der Waals surface area contributed by atoms with Gasteiger partial charge in [-0.05, 0) is 37.4 Å². The Labute approximate surface area is 115 Å². The van der Waals surface area contributed by atoms with Gasteiger partial charge in [-0.3, -0.25) is 9.36 Å². The van der Waals surface area contributed by atoms with Crippen LogP contribution >= 0.6 is 11.3 Å². The van der Waals surface area contributed by atoms with Crippen LogP contribution in [-0.2, 0) is 0 Å². The van der Waals surface area contributed by atoms with Gasteiger partial charge < -0.3 is 0 Å². The van der Waals surface area contributed by atoms with Crippen molar-refractivity contribution in [1.82, 2.24) is 9.55 Å². The first-order valence-corrected chi connectivity index (χ1v) is 7.11. The lowest BCUT2D eigenvalue weighted by atomic mass is 10.2. The SMILES string of the molecule is CC(C)n1c(-c2cccs2)nc2ccccc2c1=O. The third-order valence-corrected chi connectivity index (χ3v) is 3.93. The van der Waals surface area contributed by atoms with Crippen molar-refractivity contribution < 1.29 is 0 Å². The van der Waals surface area contributed by atoms with Crippen molar-refractivity contribution in [2.24, 2.45) is 0 Å². The first-order valence-electron chi connectivity index (χ1n) is 6.23. The number of aromatic nitrogens is 2. The average Bonchev–Trinajstić information content (AvgIpc) is 2.92.